The second kappa shape index (κ2) is 9.47. The van der Waals surface area contributed by atoms with Crippen LogP contribution in [0.2, 0.25) is 0 Å². The Morgan fingerprint density at radius 2 is 1.89 bits per heavy atom. The Kier molecular flexibility index (Phi) is 7.54. The highest BCUT2D eigenvalue weighted by molar-refractivity contribution is 7.89. The molecule has 1 saturated heterocycles. The lowest BCUT2D eigenvalue weighted by molar-refractivity contribution is -0.145. The largest absolute Gasteiger partial charge is 0.469 e. The van der Waals surface area contributed by atoms with Crippen LogP contribution in [0.5, 0.6) is 0 Å². The predicted octanol–water partition coefficient (Wildman–Crippen LogP) is 2.27. The molecule has 1 aromatic rings. The molecule has 0 aliphatic carbocycles. The van der Waals surface area contributed by atoms with Crippen LogP contribution in [-0.4, -0.2) is 62.8 Å². The number of sulfonamides is 1. The van der Waals surface area contributed by atoms with E-state index in [9.17, 15) is 22.4 Å². The molecule has 0 N–H and O–H groups in total. The summed E-state index contributed by atoms with van der Waals surface area (Å²) in [6, 6.07) is 3.35. The number of amides is 1. The van der Waals surface area contributed by atoms with E-state index in [-0.39, 0.29) is 12.1 Å². The number of hydrogen-bond acceptors (Lipinski definition) is 5. The van der Waals surface area contributed by atoms with Crippen molar-refractivity contribution in [2.24, 2.45) is 5.92 Å². The molecule has 0 aromatic heterocycles. The summed E-state index contributed by atoms with van der Waals surface area (Å²) in [5.74, 6) is -2.33. The summed E-state index contributed by atoms with van der Waals surface area (Å²) in [4.78, 5) is 25.4. The van der Waals surface area contributed by atoms with E-state index in [1.807, 2.05) is 0 Å². The van der Waals surface area contributed by atoms with E-state index in [1.54, 1.807) is 13.8 Å². The number of halogens is 1. The van der Waals surface area contributed by atoms with E-state index in [4.69, 9.17) is 0 Å². The van der Waals surface area contributed by atoms with Gasteiger partial charge < -0.3 is 9.64 Å². The first kappa shape index (κ1) is 22.3. The number of rotatable bonds is 7. The monoisotopic (exact) mass is 414 g/mol. The maximum Gasteiger partial charge on any atom is 0.310 e. The molecule has 1 atom stereocenters. The van der Waals surface area contributed by atoms with Crippen molar-refractivity contribution < 1.29 is 27.1 Å². The van der Waals surface area contributed by atoms with Crippen LogP contribution >= 0.6 is 0 Å². The van der Waals surface area contributed by atoms with Gasteiger partial charge in [-0.25, -0.2) is 12.8 Å². The van der Waals surface area contributed by atoms with Gasteiger partial charge in [0.15, 0.2) is 0 Å². The minimum Gasteiger partial charge on any atom is -0.469 e. The summed E-state index contributed by atoms with van der Waals surface area (Å²) in [5.41, 5.74) is 0.0656. The molecule has 28 heavy (non-hydrogen) atoms. The van der Waals surface area contributed by atoms with E-state index in [2.05, 4.69) is 4.74 Å². The van der Waals surface area contributed by atoms with E-state index in [0.29, 0.717) is 19.6 Å². The van der Waals surface area contributed by atoms with Crippen LogP contribution in [0.4, 0.5) is 4.39 Å². The van der Waals surface area contributed by atoms with Crippen LogP contribution in [0.3, 0.4) is 0 Å². The highest BCUT2D eigenvalue weighted by Gasteiger charge is 2.30. The third-order valence-electron chi connectivity index (χ3n) is 4.88. The number of benzene rings is 1. The van der Waals surface area contributed by atoms with Gasteiger partial charge in [0.05, 0.1) is 13.0 Å². The number of esters is 1. The molecule has 2 rings (SSSR count). The SMILES string of the molecule is CCN(CC(C)C(=O)OC)C(=O)c1ccc(F)c(S(=O)(=O)N2CCCCC2)c1. The van der Waals surface area contributed by atoms with Gasteiger partial charge in [0.25, 0.3) is 5.91 Å². The highest BCUT2D eigenvalue weighted by atomic mass is 32.2. The van der Waals surface area contributed by atoms with E-state index in [0.717, 1.165) is 31.4 Å². The molecule has 1 amide bonds. The van der Waals surface area contributed by atoms with Crippen LogP contribution in [0, 0.1) is 11.7 Å². The van der Waals surface area contributed by atoms with Crippen molar-refractivity contribution in [1.29, 1.82) is 0 Å². The van der Waals surface area contributed by atoms with Crippen molar-refractivity contribution in [2.75, 3.05) is 33.3 Å². The average molecular weight is 414 g/mol. The molecule has 9 heteroatoms. The lowest BCUT2D eigenvalue weighted by Crippen LogP contribution is -2.38. The molecule has 1 aliphatic rings. The number of ether oxygens (including phenoxy) is 1. The summed E-state index contributed by atoms with van der Waals surface area (Å²) in [6.45, 7) is 4.50. The zero-order chi connectivity index (χ0) is 20.9. The molecule has 0 bridgehead atoms. The third-order valence-corrected chi connectivity index (χ3v) is 6.79. The zero-order valence-corrected chi connectivity index (χ0v) is 17.3. The maximum atomic E-state index is 14.3. The first-order valence-electron chi connectivity index (χ1n) is 9.39. The van der Waals surface area contributed by atoms with Crippen molar-refractivity contribution in [3.05, 3.63) is 29.6 Å². The van der Waals surface area contributed by atoms with E-state index in [1.165, 1.54) is 22.4 Å². The maximum absolute atomic E-state index is 14.3. The molecule has 0 spiro atoms. The fourth-order valence-electron chi connectivity index (χ4n) is 3.22. The predicted molar refractivity (Wildman–Crippen MR) is 102 cm³/mol. The standard InChI is InChI=1S/C19H27FN2O5S/c1-4-21(13-14(2)19(24)27-3)18(23)15-8-9-16(20)17(12-15)28(25,26)22-10-6-5-7-11-22/h8-9,12,14H,4-7,10-11,13H2,1-3H3. The molecular weight excluding hydrogens is 387 g/mol. The Bertz CT molecular complexity index is 822. The molecule has 156 valence electrons. The third kappa shape index (κ3) is 4.88. The van der Waals surface area contributed by atoms with Gasteiger partial charge in [0.1, 0.15) is 10.7 Å². The topological polar surface area (TPSA) is 84.0 Å². The summed E-state index contributed by atoms with van der Waals surface area (Å²) < 4.78 is 45.9. The number of piperidine rings is 1. The molecular formula is C19H27FN2O5S. The van der Waals surface area contributed by atoms with Gasteiger partial charge in [-0.05, 0) is 38.0 Å². The van der Waals surface area contributed by atoms with Gasteiger partial charge in [-0.2, -0.15) is 4.31 Å². The van der Waals surface area contributed by atoms with Crippen molar-refractivity contribution in [1.82, 2.24) is 9.21 Å². The van der Waals surface area contributed by atoms with Crippen molar-refractivity contribution in [3.8, 4) is 0 Å². The molecule has 1 unspecified atom stereocenters. The Labute approximate surface area is 165 Å². The van der Waals surface area contributed by atoms with Gasteiger partial charge in [-0.3, -0.25) is 9.59 Å². The quantitative estimate of drug-likeness (QED) is 0.639. The molecule has 1 aromatic carbocycles. The van der Waals surface area contributed by atoms with Gasteiger partial charge in [-0.1, -0.05) is 13.3 Å². The van der Waals surface area contributed by atoms with Crippen LogP contribution in [0.15, 0.2) is 23.1 Å². The Hall–Kier alpha value is -2.00. The number of hydrogen-bond donors (Lipinski definition) is 0. The van der Waals surface area contributed by atoms with Crippen LogP contribution in [0.1, 0.15) is 43.5 Å². The summed E-state index contributed by atoms with van der Waals surface area (Å²) in [7, 11) is -2.74. The molecule has 0 saturated carbocycles. The molecule has 1 aliphatic heterocycles. The fourth-order valence-corrected chi connectivity index (χ4v) is 4.83. The summed E-state index contributed by atoms with van der Waals surface area (Å²) >= 11 is 0. The first-order chi connectivity index (χ1) is 13.2. The van der Waals surface area contributed by atoms with Gasteiger partial charge in [0.2, 0.25) is 10.0 Å². The zero-order valence-electron chi connectivity index (χ0n) is 16.5. The van der Waals surface area contributed by atoms with E-state index < -0.39 is 38.5 Å². The van der Waals surface area contributed by atoms with Crippen LogP contribution in [0.25, 0.3) is 0 Å². The lowest BCUT2D eigenvalue weighted by atomic mass is 10.1. The lowest BCUT2D eigenvalue weighted by Gasteiger charge is -2.27. The minimum atomic E-state index is -4.01. The fraction of sp³-hybridized carbons (Fsp3) is 0.579. The van der Waals surface area contributed by atoms with Crippen molar-refractivity contribution in [3.63, 3.8) is 0 Å². The second-order valence-electron chi connectivity index (χ2n) is 6.88. The number of carbonyl (C=O) groups excluding carboxylic acids is 2. The van der Waals surface area contributed by atoms with Gasteiger partial charge >= 0.3 is 5.97 Å². The van der Waals surface area contributed by atoms with E-state index >= 15 is 0 Å². The normalized spacial score (nSPS) is 16.4. The Balaban J connectivity index is 2.30. The van der Waals surface area contributed by atoms with Crippen LogP contribution < -0.4 is 0 Å². The Morgan fingerprint density at radius 3 is 2.46 bits per heavy atom. The van der Waals surface area contributed by atoms with Gasteiger partial charge in [-0.15, -0.1) is 0 Å². The highest BCUT2D eigenvalue weighted by Crippen LogP contribution is 2.24. The van der Waals surface area contributed by atoms with Crippen molar-refractivity contribution >= 4 is 21.9 Å². The molecule has 0 radical (unpaired) electrons. The number of nitrogens with zero attached hydrogens (tertiary/aromatic N) is 2. The molecule has 7 nitrogen and oxygen atoms in total. The van der Waals surface area contributed by atoms with Crippen LogP contribution in [-0.2, 0) is 19.6 Å². The number of methoxy groups -OCH3 is 1. The summed E-state index contributed by atoms with van der Waals surface area (Å²) in [5, 5.41) is 0. The average Bonchev–Trinajstić information content (AvgIpc) is 2.71. The smallest absolute Gasteiger partial charge is 0.310 e. The number of carbonyl (C=O) groups is 2. The second-order valence-corrected chi connectivity index (χ2v) is 8.78. The first-order valence-corrected chi connectivity index (χ1v) is 10.8. The Morgan fingerprint density at radius 1 is 1.25 bits per heavy atom. The summed E-state index contributed by atoms with van der Waals surface area (Å²) in [6.07, 6.45) is 2.40. The molecule has 1 fully saturated rings. The minimum absolute atomic E-state index is 0.0656. The molecule has 1 heterocycles. The van der Waals surface area contributed by atoms with Gasteiger partial charge in [0, 0.05) is 31.7 Å². The van der Waals surface area contributed by atoms with Crippen molar-refractivity contribution in [2.45, 2.75) is 38.0 Å².